The van der Waals surface area contributed by atoms with Crippen LogP contribution in [0.1, 0.15) is 36.0 Å². The van der Waals surface area contributed by atoms with E-state index >= 15 is 0 Å². The molecular weight excluding hydrogens is 309 g/mol. The van der Waals surface area contributed by atoms with Gasteiger partial charge in [0.2, 0.25) is 0 Å². The number of carbonyl (C=O) groups excluding carboxylic acids is 1. The van der Waals surface area contributed by atoms with E-state index in [0.717, 1.165) is 31.7 Å². The molecule has 2 aliphatic rings. The lowest BCUT2D eigenvalue weighted by atomic mass is 9.84. The Bertz CT molecular complexity index is 555. The largest absolute Gasteiger partial charge is 0.381 e. The van der Waals surface area contributed by atoms with Gasteiger partial charge in [-0.2, -0.15) is 0 Å². The lowest BCUT2D eigenvalue weighted by molar-refractivity contribution is -0.139. The van der Waals surface area contributed by atoms with Gasteiger partial charge in [-0.1, -0.05) is 11.6 Å². The van der Waals surface area contributed by atoms with Gasteiger partial charge in [-0.15, -0.1) is 0 Å². The van der Waals surface area contributed by atoms with Gasteiger partial charge in [0.25, 0.3) is 5.91 Å². The van der Waals surface area contributed by atoms with Crippen molar-refractivity contribution in [3.63, 3.8) is 0 Å². The average molecular weight is 328 g/mol. The highest BCUT2D eigenvalue weighted by Gasteiger charge is 2.39. The number of hydrogen-bond acceptors (Lipinski definition) is 3. The molecule has 2 fully saturated rings. The van der Waals surface area contributed by atoms with E-state index in [2.05, 4.69) is 5.32 Å². The molecule has 1 amide bonds. The second kappa shape index (κ2) is 6.52. The van der Waals surface area contributed by atoms with E-state index < -0.39 is 5.82 Å². The quantitative estimate of drug-likeness (QED) is 0.908. The molecule has 1 spiro atoms. The van der Waals surface area contributed by atoms with E-state index in [1.807, 2.05) is 0 Å². The van der Waals surface area contributed by atoms with Crippen molar-refractivity contribution in [3.05, 3.63) is 34.6 Å². The minimum Gasteiger partial charge on any atom is -0.381 e. The fourth-order valence-corrected chi connectivity index (χ4v) is 3.43. The topological polar surface area (TPSA) is 47.6 Å². The highest BCUT2D eigenvalue weighted by atomic mass is 35.5. The first-order valence-corrected chi connectivity index (χ1v) is 7.93. The summed E-state index contributed by atoms with van der Waals surface area (Å²) < 4.78 is 24.4. The Morgan fingerprint density at radius 3 is 2.82 bits per heavy atom. The highest BCUT2D eigenvalue weighted by molar-refractivity contribution is 6.33. The Labute approximate surface area is 133 Å². The van der Waals surface area contributed by atoms with Crippen LogP contribution in [0.5, 0.6) is 0 Å². The number of rotatable bonds is 2. The fourth-order valence-electron chi connectivity index (χ4n) is 3.18. The molecule has 1 atom stereocenters. The van der Waals surface area contributed by atoms with Gasteiger partial charge in [0.1, 0.15) is 5.82 Å². The second-order valence-corrected chi connectivity index (χ2v) is 6.34. The molecule has 1 aromatic carbocycles. The molecule has 0 unspecified atom stereocenters. The van der Waals surface area contributed by atoms with Crippen LogP contribution in [-0.2, 0) is 9.47 Å². The van der Waals surface area contributed by atoms with Gasteiger partial charge in [-0.3, -0.25) is 4.79 Å². The first-order valence-electron chi connectivity index (χ1n) is 7.56. The van der Waals surface area contributed by atoms with E-state index in [1.54, 1.807) is 0 Å². The van der Waals surface area contributed by atoms with Crippen molar-refractivity contribution >= 4 is 17.5 Å². The van der Waals surface area contributed by atoms with Crippen molar-refractivity contribution in [2.45, 2.75) is 37.3 Å². The van der Waals surface area contributed by atoms with Crippen molar-refractivity contribution in [3.8, 4) is 0 Å². The standard InChI is InChI=1S/C16H19ClFNO3/c17-14-9-11(18)1-2-13(14)15(20)19-12-3-6-22-16(10-12)4-7-21-8-5-16/h1-2,9,12H,3-8,10H2,(H,19,20)/t12-/m1/s1. The SMILES string of the molecule is O=C(N[C@@H]1CCOC2(CCOCC2)C1)c1ccc(F)cc1Cl. The van der Waals surface area contributed by atoms with Crippen molar-refractivity contribution in [1.82, 2.24) is 5.32 Å². The number of nitrogens with one attached hydrogen (secondary N) is 1. The van der Waals surface area contributed by atoms with Crippen LogP contribution in [0.15, 0.2) is 18.2 Å². The molecule has 1 aromatic rings. The van der Waals surface area contributed by atoms with Crippen LogP contribution >= 0.6 is 11.6 Å². The smallest absolute Gasteiger partial charge is 0.253 e. The summed E-state index contributed by atoms with van der Waals surface area (Å²) in [6.45, 7) is 2.02. The molecule has 2 saturated heterocycles. The van der Waals surface area contributed by atoms with Crippen molar-refractivity contribution in [2.24, 2.45) is 0 Å². The molecule has 0 bridgehead atoms. The zero-order valence-electron chi connectivity index (χ0n) is 12.2. The molecule has 2 heterocycles. The van der Waals surface area contributed by atoms with Crippen LogP contribution in [0.2, 0.25) is 5.02 Å². The summed E-state index contributed by atoms with van der Waals surface area (Å²) in [5.74, 6) is -0.715. The Balaban J connectivity index is 1.66. The molecule has 1 N–H and O–H groups in total. The minimum atomic E-state index is -0.450. The summed E-state index contributed by atoms with van der Waals surface area (Å²) in [7, 11) is 0. The molecule has 0 saturated carbocycles. The summed E-state index contributed by atoms with van der Waals surface area (Å²) in [6, 6.07) is 3.85. The van der Waals surface area contributed by atoms with Gasteiger partial charge in [0.05, 0.1) is 16.2 Å². The highest BCUT2D eigenvalue weighted by Crippen LogP contribution is 2.34. The molecule has 4 nitrogen and oxygen atoms in total. The van der Waals surface area contributed by atoms with Crippen molar-refractivity contribution in [1.29, 1.82) is 0 Å². The van der Waals surface area contributed by atoms with Crippen LogP contribution in [0.3, 0.4) is 0 Å². The maximum Gasteiger partial charge on any atom is 0.253 e. The van der Waals surface area contributed by atoms with Gasteiger partial charge < -0.3 is 14.8 Å². The maximum atomic E-state index is 13.1. The zero-order chi connectivity index (χ0) is 15.6. The lowest BCUT2D eigenvalue weighted by Gasteiger charge is -2.43. The fraction of sp³-hybridized carbons (Fsp3) is 0.562. The van der Waals surface area contributed by atoms with Crippen LogP contribution in [0, 0.1) is 5.82 Å². The summed E-state index contributed by atoms with van der Waals surface area (Å²) in [5, 5.41) is 3.13. The van der Waals surface area contributed by atoms with Crippen LogP contribution < -0.4 is 5.32 Å². The molecule has 2 aliphatic heterocycles. The molecule has 120 valence electrons. The minimum absolute atomic E-state index is 0.0421. The van der Waals surface area contributed by atoms with Crippen LogP contribution in [0.25, 0.3) is 0 Å². The maximum absolute atomic E-state index is 13.1. The predicted molar refractivity (Wildman–Crippen MR) is 80.6 cm³/mol. The number of halogens is 2. The van der Waals surface area contributed by atoms with E-state index in [9.17, 15) is 9.18 Å². The normalized spacial score (nSPS) is 24.2. The first-order chi connectivity index (χ1) is 10.6. The third kappa shape index (κ3) is 3.42. The molecule has 3 rings (SSSR count). The number of hydrogen-bond donors (Lipinski definition) is 1. The predicted octanol–water partition coefficient (Wildman–Crippen LogP) is 2.94. The van der Waals surface area contributed by atoms with Gasteiger partial charge in [0, 0.05) is 25.9 Å². The summed E-state index contributed by atoms with van der Waals surface area (Å²) in [6.07, 6.45) is 3.27. The molecular formula is C16H19ClFNO3. The monoisotopic (exact) mass is 327 g/mol. The first kappa shape index (κ1) is 15.7. The molecule has 6 heteroatoms. The van der Waals surface area contributed by atoms with Gasteiger partial charge in [0.15, 0.2) is 0 Å². The zero-order valence-corrected chi connectivity index (χ0v) is 13.0. The number of amides is 1. The third-order valence-corrected chi connectivity index (χ3v) is 4.72. The van der Waals surface area contributed by atoms with Gasteiger partial charge >= 0.3 is 0 Å². The summed E-state index contributed by atoms with van der Waals surface area (Å²) in [5.41, 5.74) is 0.122. The number of carbonyl (C=O) groups is 1. The Kier molecular flexibility index (Phi) is 4.66. The van der Waals surface area contributed by atoms with Gasteiger partial charge in [-0.05, 0) is 43.9 Å². The van der Waals surface area contributed by atoms with E-state index in [1.165, 1.54) is 12.1 Å². The van der Waals surface area contributed by atoms with Crippen molar-refractivity contribution < 1.29 is 18.7 Å². The Morgan fingerprint density at radius 1 is 1.32 bits per heavy atom. The number of ether oxygens (including phenoxy) is 2. The van der Waals surface area contributed by atoms with Crippen molar-refractivity contribution in [2.75, 3.05) is 19.8 Å². The van der Waals surface area contributed by atoms with E-state index in [-0.39, 0.29) is 22.6 Å². The van der Waals surface area contributed by atoms with E-state index in [0.29, 0.717) is 25.4 Å². The molecule has 0 aromatic heterocycles. The average Bonchev–Trinajstić information content (AvgIpc) is 2.48. The van der Waals surface area contributed by atoms with Crippen LogP contribution in [-0.4, -0.2) is 37.4 Å². The van der Waals surface area contributed by atoms with Gasteiger partial charge in [-0.25, -0.2) is 4.39 Å². The Morgan fingerprint density at radius 2 is 2.09 bits per heavy atom. The molecule has 0 aliphatic carbocycles. The summed E-state index contributed by atoms with van der Waals surface area (Å²) >= 11 is 5.94. The van der Waals surface area contributed by atoms with E-state index in [4.69, 9.17) is 21.1 Å². The Hall–Kier alpha value is -1.17. The summed E-state index contributed by atoms with van der Waals surface area (Å²) in [4.78, 5) is 12.3. The third-order valence-electron chi connectivity index (χ3n) is 4.41. The number of benzene rings is 1. The lowest BCUT2D eigenvalue weighted by Crippen LogP contribution is -2.51. The van der Waals surface area contributed by atoms with Crippen LogP contribution in [0.4, 0.5) is 4.39 Å². The second-order valence-electron chi connectivity index (χ2n) is 5.93. The molecule has 22 heavy (non-hydrogen) atoms. The molecule has 0 radical (unpaired) electrons.